The van der Waals surface area contributed by atoms with Gasteiger partial charge in [0.2, 0.25) is 0 Å². The molecule has 1 aliphatic rings. The van der Waals surface area contributed by atoms with Crippen LogP contribution in [0.15, 0.2) is 12.2 Å². The van der Waals surface area contributed by atoms with Crippen LogP contribution < -0.4 is 0 Å². The Labute approximate surface area is 70.7 Å². The lowest BCUT2D eigenvalue weighted by atomic mass is 9.73. The van der Waals surface area contributed by atoms with Crippen molar-refractivity contribution in [2.24, 2.45) is 17.8 Å². The van der Waals surface area contributed by atoms with E-state index in [0.717, 1.165) is 17.8 Å². The molecule has 0 heterocycles. The molecule has 0 aliphatic heterocycles. The van der Waals surface area contributed by atoms with Gasteiger partial charge in [0.15, 0.2) is 0 Å². The molecule has 1 rings (SSSR count). The Morgan fingerprint density at radius 2 is 1.91 bits per heavy atom. The zero-order chi connectivity index (χ0) is 8.43. The first kappa shape index (κ1) is 8.83. The highest BCUT2D eigenvalue weighted by Crippen LogP contribution is 2.36. The Morgan fingerprint density at radius 3 is 2.36 bits per heavy atom. The molecule has 1 fully saturated rings. The van der Waals surface area contributed by atoms with E-state index in [-0.39, 0.29) is 0 Å². The van der Waals surface area contributed by atoms with Crippen LogP contribution in [0.25, 0.3) is 0 Å². The zero-order valence-electron chi connectivity index (χ0n) is 8.06. The molecule has 0 aromatic rings. The fourth-order valence-corrected chi connectivity index (χ4v) is 2.40. The van der Waals surface area contributed by atoms with Crippen molar-refractivity contribution in [2.75, 3.05) is 0 Å². The van der Waals surface area contributed by atoms with Crippen LogP contribution in [0.2, 0.25) is 0 Å². The highest BCUT2D eigenvalue weighted by molar-refractivity contribution is 5.00. The lowest BCUT2D eigenvalue weighted by molar-refractivity contribution is 0.233. The van der Waals surface area contributed by atoms with Crippen LogP contribution in [-0.2, 0) is 0 Å². The van der Waals surface area contributed by atoms with Crippen molar-refractivity contribution < 1.29 is 0 Å². The van der Waals surface area contributed by atoms with Crippen molar-refractivity contribution in [3.63, 3.8) is 0 Å². The summed E-state index contributed by atoms with van der Waals surface area (Å²) in [6.45, 7) is 11.0. The van der Waals surface area contributed by atoms with Gasteiger partial charge in [0.25, 0.3) is 0 Å². The maximum Gasteiger partial charge on any atom is -0.0183 e. The average molecular weight is 152 g/mol. The highest BCUT2D eigenvalue weighted by atomic mass is 14.3. The van der Waals surface area contributed by atoms with Gasteiger partial charge in [-0.15, -0.1) is 0 Å². The minimum absolute atomic E-state index is 0.811. The predicted octanol–water partition coefficient (Wildman–Crippen LogP) is 3.63. The summed E-state index contributed by atoms with van der Waals surface area (Å²) in [6.07, 6.45) is 4.18. The summed E-state index contributed by atoms with van der Waals surface area (Å²) in [5.74, 6) is 2.63. The fraction of sp³-hybridized carbons (Fsp3) is 0.818. The summed E-state index contributed by atoms with van der Waals surface area (Å²) >= 11 is 0. The molecule has 3 atom stereocenters. The molecular formula is C11H20. The van der Waals surface area contributed by atoms with E-state index in [1.807, 2.05) is 0 Å². The van der Waals surface area contributed by atoms with Gasteiger partial charge in [0.1, 0.15) is 0 Å². The molecule has 0 N–H and O–H groups in total. The fourth-order valence-electron chi connectivity index (χ4n) is 2.40. The molecule has 1 aliphatic carbocycles. The molecule has 11 heavy (non-hydrogen) atoms. The molecule has 0 amide bonds. The van der Waals surface area contributed by atoms with Crippen molar-refractivity contribution in [3.05, 3.63) is 12.2 Å². The van der Waals surface area contributed by atoms with E-state index in [2.05, 4.69) is 27.4 Å². The van der Waals surface area contributed by atoms with Gasteiger partial charge in [-0.3, -0.25) is 0 Å². The minimum Gasteiger partial charge on any atom is -0.0999 e. The molecular weight excluding hydrogens is 132 g/mol. The molecule has 0 aromatic heterocycles. The van der Waals surface area contributed by atoms with E-state index >= 15 is 0 Å². The quantitative estimate of drug-likeness (QED) is 0.503. The first-order chi connectivity index (χ1) is 5.11. The van der Waals surface area contributed by atoms with Crippen LogP contribution in [0, 0.1) is 17.8 Å². The topological polar surface area (TPSA) is 0 Å². The minimum atomic E-state index is 0.811. The molecule has 0 heteroatoms. The first-order valence-corrected chi connectivity index (χ1v) is 4.76. The van der Waals surface area contributed by atoms with Gasteiger partial charge in [-0.2, -0.15) is 0 Å². The largest absolute Gasteiger partial charge is 0.0999 e. The van der Waals surface area contributed by atoms with Gasteiger partial charge in [0, 0.05) is 0 Å². The van der Waals surface area contributed by atoms with Gasteiger partial charge < -0.3 is 0 Å². The smallest absolute Gasteiger partial charge is 0.0183 e. The van der Waals surface area contributed by atoms with E-state index in [9.17, 15) is 0 Å². The summed E-state index contributed by atoms with van der Waals surface area (Å²) in [4.78, 5) is 0. The highest BCUT2D eigenvalue weighted by Gasteiger charge is 2.25. The normalized spacial score (nSPS) is 38.6. The Balaban J connectivity index is 2.50. The number of hydrogen-bond donors (Lipinski definition) is 0. The molecule has 0 nitrogen and oxygen atoms in total. The molecule has 0 unspecified atom stereocenters. The third-order valence-corrected chi connectivity index (χ3v) is 3.06. The predicted molar refractivity (Wildman–Crippen MR) is 50.5 cm³/mol. The van der Waals surface area contributed by atoms with Gasteiger partial charge in [-0.25, -0.2) is 0 Å². The molecule has 0 spiro atoms. The number of allylic oxidation sites excluding steroid dienone is 1. The second kappa shape index (κ2) is 3.42. The Kier molecular flexibility index (Phi) is 2.75. The van der Waals surface area contributed by atoms with Crippen molar-refractivity contribution in [3.8, 4) is 0 Å². The summed E-state index contributed by atoms with van der Waals surface area (Å²) in [5, 5.41) is 0. The molecule has 0 bridgehead atoms. The number of rotatable bonds is 1. The molecule has 0 aromatic carbocycles. The summed E-state index contributed by atoms with van der Waals surface area (Å²) in [7, 11) is 0. The van der Waals surface area contributed by atoms with Gasteiger partial charge in [-0.05, 0) is 37.5 Å². The third-order valence-electron chi connectivity index (χ3n) is 3.06. The van der Waals surface area contributed by atoms with E-state index < -0.39 is 0 Å². The Morgan fingerprint density at radius 1 is 1.27 bits per heavy atom. The van der Waals surface area contributed by atoms with E-state index in [4.69, 9.17) is 0 Å². The van der Waals surface area contributed by atoms with Gasteiger partial charge >= 0.3 is 0 Å². The van der Waals surface area contributed by atoms with Crippen LogP contribution >= 0.6 is 0 Å². The zero-order valence-corrected chi connectivity index (χ0v) is 8.06. The maximum atomic E-state index is 4.05. The van der Waals surface area contributed by atoms with E-state index in [1.54, 1.807) is 0 Å². The van der Waals surface area contributed by atoms with Crippen molar-refractivity contribution in [1.29, 1.82) is 0 Å². The van der Waals surface area contributed by atoms with E-state index in [1.165, 1.54) is 24.8 Å². The third kappa shape index (κ3) is 2.08. The standard InChI is InChI=1S/C11H20/c1-8(2)11-6-5-9(3)7-10(11)4/h9-11H,1,5-7H2,2-4H3/t9-,10-,11+/m1/s1. The van der Waals surface area contributed by atoms with Gasteiger partial charge in [0.05, 0.1) is 0 Å². The van der Waals surface area contributed by atoms with Crippen LogP contribution in [0.4, 0.5) is 0 Å². The van der Waals surface area contributed by atoms with Crippen molar-refractivity contribution >= 4 is 0 Å². The Bertz CT molecular complexity index is 146. The summed E-state index contributed by atoms with van der Waals surface area (Å²) in [5.41, 5.74) is 1.39. The molecule has 0 radical (unpaired) electrons. The summed E-state index contributed by atoms with van der Waals surface area (Å²) < 4.78 is 0. The second-order valence-corrected chi connectivity index (χ2v) is 4.35. The van der Waals surface area contributed by atoms with Crippen molar-refractivity contribution in [1.82, 2.24) is 0 Å². The molecule has 1 saturated carbocycles. The molecule has 64 valence electrons. The van der Waals surface area contributed by atoms with Crippen LogP contribution in [0.3, 0.4) is 0 Å². The monoisotopic (exact) mass is 152 g/mol. The first-order valence-electron chi connectivity index (χ1n) is 4.76. The van der Waals surface area contributed by atoms with Crippen LogP contribution in [-0.4, -0.2) is 0 Å². The SMILES string of the molecule is C=C(C)[C@@H]1CC[C@@H](C)C[C@H]1C. The number of hydrogen-bond acceptors (Lipinski definition) is 0. The van der Waals surface area contributed by atoms with Crippen LogP contribution in [0.5, 0.6) is 0 Å². The second-order valence-electron chi connectivity index (χ2n) is 4.35. The van der Waals surface area contributed by atoms with Crippen LogP contribution in [0.1, 0.15) is 40.0 Å². The van der Waals surface area contributed by atoms with Crippen molar-refractivity contribution in [2.45, 2.75) is 40.0 Å². The summed E-state index contributed by atoms with van der Waals surface area (Å²) in [6, 6.07) is 0. The average Bonchev–Trinajstić information content (AvgIpc) is 1.85. The van der Waals surface area contributed by atoms with E-state index in [0.29, 0.717) is 0 Å². The Hall–Kier alpha value is -0.260. The lowest BCUT2D eigenvalue weighted by Gasteiger charge is -2.32. The molecule has 0 saturated heterocycles. The lowest BCUT2D eigenvalue weighted by Crippen LogP contribution is -2.21. The van der Waals surface area contributed by atoms with Gasteiger partial charge in [-0.1, -0.05) is 32.4 Å². The maximum absolute atomic E-state index is 4.05.